The van der Waals surface area contributed by atoms with E-state index in [0.29, 0.717) is 30.2 Å². The van der Waals surface area contributed by atoms with E-state index in [1.807, 2.05) is 24.3 Å². The summed E-state index contributed by atoms with van der Waals surface area (Å²) in [4.78, 5) is 7.02. The predicted octanol–water partition coefficient (Wildman–Crippen LogP) is 3.72. The molecule has 128 valence electrons. The summed E-state index contributed by atoms with van der Waals surface area (Å²) in [7, 11) is 0. The Labute approximate surface area is 146 Å². The maximum absolute atomic E-state index is 6.23. The van der Waals surface area contributed by atoms with Gasteiger partial charge < -0.3 is 13.9 Å². The molecule has 6 heteroatoms. The highest BCUT2D eigenvalue weighted by molar-refractivity contribution is 6.33. The second-order valence-electron chi connectivity index (χ2n) is 6.27. The van der Waals surface area contributed by atoms with E-state index in [1.165, 1.54) is 12.8 Å². The van der Waals surface area contributed by atoms with Crippen LogP contribution in [0.15, 0.2) is 34.9 Å². The van der Waals surface area contributed by atoms with Gasteiger partial charge in [0.05, 0.1) is 35.5 Å². The van der Waals surface area contributed by atoms with Crippen molar-refractivity contribution in [1.82, 2.24) is 9.88 Å². The lowest BCUT2D eigenvalue weighted by atomic mass is 10.0. The number of benzene rings is 1. The van der Waals surface area contributed by atoms with E-state index in [0.717, 1.165) is 30.8 Å². The summed E-state index contributed by atoms with van der Waals surface area (Å²) < 4.78 is 17.1. The molecule has 3 heterocycles. The van der Waals surface area contributed by atoms with Crippen molar-refractivity contribution in [3.63, 3.8) is 0 Å². The standard InChI is InChI=1S/C18H21ClN2O3/c19-15-6-2-1-5-14(15)17-20-13(12-24-17)11-21-8-4-3-7-16(21)18-22-9-10-23-18/h1-2,5-6,12,16,18H,3-4,7-11H2. The first-order valence-corrected chi connectivity index (χ1v) is 8.85. The van der Waals surface area contributed by atoms with Crippen LogP contribution in [0.25, 0.3) is 11.5 Å². The maximum Gasteiger partial charge on any atom is 0.227 e. The van der Waals surface area contributed by atoms with Gasteiger partial charge in [-0.3, -0.25) is 4.90 Å². The number of aromatic nitrogens is 1. The monoisotopic (exact) mass is 348 g/mol. The third-order valence-corrected chi connectivity index (χ3v) is 4.98. The first kappa shape index (κ1) is 16.1. The quantitative estimate of drug-likeness (QED) is 0.842. The van der Waals surface area contributed by atoms with Crippen LogP contribution in [0, 0.1) is 0 Å². The normalized spacial score (nSPS) is 23.0. The minimum atomic E-state index is -0.111. The number of hydrogen-bond acceptors (Lipinski definition) is 5. The summed E-state index contributed by atoms with van der Waals surface area (Å²) in [6, 6.07) is 7.88. The van der Waals surface area contributed by atoms with Gasteiger partial charge >= 0.3 is 0 Å². The number of nitrogens with zero attached hydrogens (tertiary/aromatic N) is 2. The van der Waals surface area contributed by atoms with Gasteiger partial charge in [-0.2, -0.15) is 0 Å². The Morgan fingerprint density at radius 1 is 1.17 bits per heavy atom. The number of likely N-dealkylation sites (tertiary alicyclic amines) is 1. The smallest absolute Gasteiger partial charge is 0.227 e. The summed E-state index contributed by atoms with van der Waals surface area (Å²) >= 11 is 6.23. The van der Waals surface area contributed by atoms with E-state index in [1.54, 1.807) is 6.26 Å². The molecule has 0 saturated carbocycles. The minimum Gasteiger partial charge on any atom is -0.444 e. The zero-order valence-corrected chi connectivity index (χ0v) is 14.2. The molecule has 2 aliphatic rings. The molecule has 0 N–H and O–H groups in total. The Morgan fingerprint density at radius 3 is 2.83 bits per heavy atom. The van der Waals surface area contributed by atoms with Crippen LogP contribution in [-0.4, -0.2) is 42.0 Å². The molecule has 24 heavy (non-hydrogen) atoms. The molecule has 2 saturated heterocycles. The van der Waals surface area contributed by atoms with Gasteiger partial charge in [-0.15, -0.1) is 0 Å². The summed E-state index contributed by atoms with van der Waals surface area (Å²) in [5.41, 5.74) is 1.73. The molecule has 1 atom stereocenters. The molecule has 0 radical (unpaired) electrons. The van der Waals surface area contributed by atoms with Gasteiger partial charge in [0.1, 0.15) is 6.26 Å². The first-order valence-electron chi connectivity index (χ1n) is 8.48. The fourth-order valence-electron chi connectivity index (χ4n) is 3.47. The number of hydrogen-bond donors (Lipinski definition) is 0. The van der Waals surface area contributed by atoms with Crippen LogP contribution in [0.1, 0.15) is 25.0 Å². The molecule has 1 aromatic heterocycles. The summed E-state index contributed by atoms with van der Waals surface area (Å²) in [6.45, 7) is 3.15. The molecule has 1 unspecified atom stereocenters. The van der Waals surface area contributed by atoms with Crippen molar-refractivity contribution in [2.24, 2.45) is 0 Å². The third-order valence-electron chi connectivity index (χ3n) is 4.65. The van der Waals surface area contributed by atoms with Gasteiger partial charge in [0.15, 0.2) is 6.29 Å². The molecule has 0 amide bonds. The average molecular weight is 349 g/mol. The molecule has 2 fully saturated rings. The van der Waals surface area contributed by atoms with Crippen LogP contribution in [0.4, 0.5) is 0 Å². The highest BCUT2D eigenvalue weighted by Crippen LogP contribution is 2.29. The van der Waals surface area contributed by atoms with E-state index in [-0.39, 0.29) is 6.29 Å². The summed E-state index contributed by atoms with van der Waals surface area (Å²) in [5, 5.41) is 0.648. The van der Waals surface area contributed by atoms with Crippen molar-refractivity contribution >= 4 is 11.6 Å². The molecule has 4 rings (SSSR count). The van der Waals surface area contributed by atoms with E-state index in [2.05, 4.69) is 9.88 Å². The van der Waals surface area contributed by atoms with E-state index in [9.17, 15) is 0 Å². The Balaban J connectivity index is 1.49. The lowest BCUT2D eigenvalue weighted by Gasteiger charge is -2.37. The molecule has 5 nitrogen and oxygen atoms in total. The predicted molar refractivity (Wildman–Crippen MR) is 90.7 cm³/mol. The van der Waals surface area contributed by atoms with Crippen LogP contribution in [0.3, 0.4) is 0 Å². The lowest BCUT2D eigenvalue weighted by Crippen LogP contribution is -2.46. The highest BCUT2D eigenvalue weighted by Gasteiger charge is 2.34. The Hall–Kier alpha value is -1.40. The fourth-order valence-corrected chi connectivity index (χ4v) is 3.68. The minimum absolute atomic E-state index is 0.111. The van der Waals surface area contributed by atoms with Crippen LogP contribution < -0.4 is 0 Å². The van der Waals surface area contributed by atoms with Gasteiger partial charge in [-0.25, -0.2) is 4.98 Å². The van der Waals surface area contributed by atoms with Crippen LogP contribution in [0.2, 0.25) is 5.02 Å². The number of ether oxygens (including phenoxy) is 2. The van der Waals surface area contributed by atoms with Crippen molar-refractivity contribution < 1.29 is 13.9 Å². The van der Waals surface area contributed by atoms with E-state index < -0.39 is 0 Å². The van der Waals surface area contributed by atoms with Gasteiger partial charge in [-0.05, 0) is 31.5 Å². The SMILES string of the molecule is Clc1ccccc1-c1nc(CN2CCCCC2C2OCCO2)co1. The number of piperidine rings is 1. The Kier molecular flexibility index (Phi) is 4.85. The van der Waals surface area contributed by atoms with E-state index >= 15 is 0 Å². The maximum atomic E-state index is 6.23. The van der Waals surface area contributed by atoms with Crippen molar-refractivity contribution in [1.29, 1.82) is 0 Å². The number of halogens is 1. The number of rotatable bonds is 4. The molecule has 0 spiro atoms. The van der Waals surface area contributed by atoms with E-state index in [4.69, 9.17) is 25.5 Å². The molecular formula is C18H21ClN2O3. The third kappa shape index (κ3) is 3.35. The van der Waals surface area contributed by atoms with Crippen LogP contribution >= 0.6 is 11.6 Å². The largest absolute Gasteiger partial charge is 0.444 e. The Morgan fingerprint density at radius 2 is 2.00 bits per heavy atom. The lowest BCUT2D eigenvalue weighted by molar-refractivity contribution is -0.111. The molecule has 0 aliphatic carbocycles. The van der Waals surface area contributed by atoms with Crippen molar-refractivity contribution in [2.75, 3.05) is 19.8 Å². The Bertz CT molecular complexity index is 684. The molecular weight excluding hydrogens is 328 g/mol. The first-order chi connectivity index (χ1) is 11.8. The van der Waals surface area contributed by atoms with Crippen LogP contribution in [0.5, 0.6) is 0 Å². The topological polar surface area (TPSA) is 47.7 Å². The molecule has 0 bridgehead atoms. The van der Waals surface area contributed by atoms with Crippen molar-refractivity contribution in [2.45, 2.75) is 38.1 Å². The van der Waals surface area contributed by atoms with Gasteiger partial charge in [0, 0.05) is 6.54 Å². The fraction of sp³-hybridized carbons (Fsp3) is 0.500. The second kappa shape index (κ2) is 7.23. The number of oxazole rings is 1. The zero-order chi connectivity index (χ0) is 16.4. The van der Waals surface area contributed by atoms with Crippen molar-refractivity contribution in [3.05, 3.63) is 41.2 Å². The van der Waals surface area contributed by atoms with Crippen LogP contribution in [-0.2, 0) is 16.0 Å². The highest BCUT2D eigenvalue weighted by atomic mass is 35.5. The summed E-state index contributed by atoms with van der Waals surface area (Å²) in [6.07, 6.45) is 5.12. The zero-order valence-electron chi connectivity index (χ0n) is 13.5. The van der Waals surface area contributed by atoms with Gasteiger partial charge in [0.25, 0.3) is 0 Å². The van der Waals surface area contributed by atoms with Gasteiger partial charge in [-0.1, -0.05) is 30.2 Å². The molecule has 2 aliphatic heterocycles. The average Bonchev–Trinajstić information content (AvgIpc) is 3.28. The summed E-state index contributed by atoms with van der Waals surface area (Å²) in [5.74, 6) is 0.567. The second-order valence-corrected chi connectivity index (χ2v) is 6.67. The molecule has 1 aromatic carbocycles. The molecule has 2 aromatic rings. The van der Waals surface area contributed by atoms with Gasteiger partial charge in [0.2, 0.25) is 5.89 Å². The van der Waals surface area contributed by atoms with Crippen molar-refractivity contribution in [3.8, 4) is 11.5 Å².